The summed E-state index contributed by atoms with van der Waals surface area (Å²) in [4.78, 5) is -9.00. The van der Waals surface area contributed by atoms with Gasteiger partial charge >= 0.3 is 24.7 Å². The van der Waals surface area contributed by atoms with E-state index in [1.807, 2.05) is 0 Å². The summed E-state index contributed by atoms with van der Waals surface area (Å²) in [5.74, 6) is -54.7. The van der Waals surface area contributed by atoms with Crippen molar-refractivity contribution in [3.8, 4) is 92.9 Å². The number of terminal acetylenes is 2. The lowest BCUT2D eigenvalue weighted by molar-refractivity contribution is -0.144. The standard InChI is InChI=1S/C62H18F28O4S2/c1-3-21-7-5-9-29(11-21)91-51-35(63)43(71)55(44(72)36(51)64)95-57-47(75)39(67)53(40(68)48(57)76)93-33-19-32(24-15-27(61(85,86)87)18-28(16-24)62(88,89)90)34(20-31(33)23-13-25(59(79,80)81)17-26(14-23)60(82,83)84)94-54-41(69)49(77)58(50(78)42(54)70)96-56-45(73)37(65)52(38(66)46(56)74)92-30-10-6-8-22(4-2)12-30/h1-2,5-20H. The number of benzene rings is 9. The number of rotatable bonds is 14. The molecule has 0 saturated carbocycles. The van der Waals surface area contributed by atoms with E-state index in [2.05, 4.69) is 11.8 Å². The lowest BCUT2D eigenvalue weighted by Gasteiger charge is -2.22. The highest BCUT2D eigenvalue weighted by Crippen LogP contribution is 2.53. The van der Waals surface area contributed by atoms with Crippen molar-refractivity contribution in [2.45, 2.75) is 44.3 Å². The number of ether oxygens (including phenoxy) is 4. The molecule has 9 rings (SSSR count). The van der Waals surface area contributed by atoms with Gasteiger partial charge in [-0.3, -0.25) is 0 Å². The summed E-state index contributed by atoms with van der Waals surface area (Å²) in [6, 6.07) is 4.87. The predicted octanol–water partition coefficient (Wildman–Crippen LogP) is 22.8. The van der Waals surface area contributed by atoms with Crippen LogP contribution in [0.25, 0.3) is 22.3 Å². The number of hydrogen-bond acceptors (Lipinski definition) is 6. The first-order valence-corrected chi connectivity index (χ1v) is 26.7. The van der Waals surface area contributed by atoms with Crippen molar-refractivity contribution < 1.29 is 142 Å². The van der Waals surface area contributed by atoms with Gasteiger partial charge in [0.1, 0.15) is 23.0 Å². The second-order valence-electron chi connectivity index (χ2n) is 19.0. The first kappa shape index (κ1) is 70.4. The summed E-state index contributed by atoms with van der Waals surface area (Å²) >= 11 is -2.37. The van der Waals surface area contributed by atoms with Crippen LogP contribution in [0.1, 0.15) is 33.4 Å². The Kier molecular flexibility index (Phi) is 19.0. The molecule has 0 N–H and O–H groups in total. The molecule has 9 aromatic rings. The predicted molar refractivity (Wildman–Crippen MR) is 280 cm³/mol. The van der Waals surface area contributed by atoms with Gasteiger partial charge in [-0.25, -0.2) is 35.1 Å². The number of hydrogen-bond donors (Lipinski definition) is 0. The molecule has 96 heavy (non-hydrogen) atoms. The maximum atomic E-state index is 16.4. The summed E-state index contributed by atoms with van der Waals surface area (Å²) in [5, 5.41) is 0. The highest BCUT2D eigenvalue weighted by atomic mass is 32.2. The van der Waals surface area contributed by atoms with Gasteiger partial charge in [-0.1, -0.05) is 47.5 Å². The Hall–Kier alpha value is -9.96. The van der Waals surface area contributed by atoms with Gasteiger partial charge in [-0.15, -0.1) is 12.8 Å². The van der Waals surface area contributed by atoms with Crippen molar-refractivity contribution in [1.82, 2.24) is 0 Å². The van der Waals surface area contributed by atoms with Crippen LogP contribution < -0.4 is 18.9 Å². The second-order valence-corrected chi connectivity index (χ2v) is 21.1. The molecule has 0 spiro atoms. The lowest BCUT2D eigenvalue weighted by Crippen LogP contribution is -2.12. The molecule has 498 valence electrons. The fourth-order valence-corrected chi connectivity index (χ4v) is 10.3. The Labute approximate surface area is 524 Å². The monoisotopic (exact) mass is 1420 g/mol. The van der Waals surface area contributed by atoms with E-state index in [0.717, 1.165) is 36.4 Å². The number of halogens is 28. The maximum absolute atomic E-state index is 16.4. The largest absolute Gasteiger partial charge is 0.451 e. The first-order chi connectivity index (χ1) is 44.7. The maximum Gasteiger partial charge on any atom is 0.416 e. The van der Waals surface area contributed by atoms with Crippen molar-refractivity contribution >= 4 is 23.5 Å². The van der Waals surface area contributed by atoms with Gasteiger partial charge in [0.05, 0.1) is 41.8 Å². The third-order valence-corrected chi connectivity index (χ3v) is 15.1. The molecule has 0 aliphatic heterocycles. The van der Waals surface area contributed by atoms with Crippen molar-refractivity contribution in [3.63, 3.8) is 0 Å². The molecule has 0 unspecified atom stereocenters. The second kappa shape index (κ2) is 26.0. The van der Waals surface area contributed by atoms with Crippen LogP contribution in [0.5, 0.6) is 46.0 Å². The summed E-state index contributed by atoms with van der Waals surface area (Å²) in [5.41, 5.74) is -17.0. The normalized spacial score (nSPS) is 12.0. The zero-order valence-corrected chi connectivity index (χ0v) is 47.1. The highest BCUT2D eigenvalue weighted by Gasteiger charge is 2.42. The average molecular weight is 1420 g/mol. The highest BCUT2D eigenvalue weighted by molar-refractivity contribution is 7.99. The van der Waals surface area contributed by atoms with Crippen LogP contribution in [-0.4, -0.2) is 0 Å². The zero-order chi connectivity index (χ0) is 70.9. The van der Waals surface area contributed by atoms with E-state index >= 15 is 70.2 Å². The molecule has 9 aromatic carbocycles. The summed E-state index contributed by atoms with van der Waals surface area (Å²) < 4.78 is 447. The molecule has 4 nitrogen and oxygen atoms in total. The molecule has 34 heteroatoms. The van der Waals surface area contributed by atoms with Crippen LogP contribution in [0.3, 0.4) is 0 Å². The molecular weight excluding hydrogens is 1400 g/mol. The van der Waals surface area contributed by atoms with Crippen molar-refractivity contribution in [2.24, 2.45) is 0 Å². The van der Waals surface area contributed by atoms with Crippen LogP contribution in [-0.2, 0) is 24.7 Å². The Morgan fingerprint density at radius 1 is 0.281 bits per heavy atom. The average Bonchev–Trinajstić information content (AvgIpc) is 0.945. The third-order valence-electron chi connectivity index (χ3n) is 12.9. The first-order valence-electron chi connectivity index (χ1n) is 25.1. The third kappa shape index (κ3) is 13.7. The van der Waals surface area contributed by atoms with E-state index < -0.39 is 288 Å². The zero-order valence-electron chi connectivity index (χ0n) is 45.4. The molecular formula is C62H18F28O4S2. The van der Waals surface area contributed by atoms with E-state index in [-0.39, 0.29) is 23.3 Å². The molecule has 0 fully saturated rings. The van der Waals surface area contributed by atoms with Gasteiger partial charge in [-0.05, 0) is 96.1 Å². The molecule has 0 saturated heterocycles. The van der Waals surface area contributed by atoms with Crippen molar-refractivity contribution in [1.29, 1.82) is 0 Å². The smallest absolute Gasteiger partial charge is 0.416 e. The van der Waals surface area contributed by atoms with E-state index in [4.69, 9.17) is 31.8 Å². The molecule has 0 radical (unpaired) electrons. The van der Waals surface area contributed by atoms with E-state index in [0.29, 0.717) is 0 Å². The SMILES string of the molecule is C#Cc1cccc(Oc2c(F)c(F)c(Sc3c(F)c(F)c(Oc4cc(-c5cc(C(F)(F)F)cc(C(F)(F)F)c5)c(Oc5c(F)c(F)c(Sc6c(F)c(F)c(Oc7cccc(C#C)c7)c(F)c6F)c(F)c5F)cc4-c4cc(C(F)(F)F)cc(C(F)(F)F)c4)c(F)c3F)c(F)c2F)c1. The van der Waals surface area contributed by atoms with Crippen molar-refractivity contribution in [3.05, 3.63) is 224 Å². The molecule has 0 atom stereocenters. The minimum absolute atomic E-state index is 0.0348. The molecule has 0 amide bonds. The van der Waals surface area contributed by atoms with Gasteiger partial charge in [0.2, 0.25) is 69.5 Å². The van der Waals surface area contributed by atoms with Gasteiger partial charge in [0.15, 0.2) is 46.5 Å². The molecule has 0 aliphatic rings. The Morgan fingerprint density at radius 3 is 0.729 bits per heavy atom. The quantitative estimate of drug-likeness (QED) is 0.0614. The lowest BCUT2D eigenvalue weighted by atomic mass is 9.93. The van der Waals surface area contributed by atoms with Gasteiger partial charge in [0.25, 0.3) is 0 Å². The molecule has 0 heterocycles. The van der Waals surface area contributed by atoms with Crippen LogP contribution in [0.4, 0.5) is 123 Å². The topological polar surface area (TPSA) is 36.9 Å². The van der Waals surface area contributed by atoms with Crippen LogP contribution in [0.15, 0.2) is 117 Å². The van der Waals surface area contributed by atoms with E-state index in [9.17, 15) is 52.7 Å². The molecule has 0 aromatic heterocycles. The minimum Gasteiger partial charge on any atom is -0.451 e. The Bertz CT molecular complexity index is 4300. The van der Waals surface area contributed by atoms with Gasteiger partial charge in [-0.2, -0.15) is 87.8 Å². The Morgan fingerprint density at radius 2 is 0.510 bits per heavy atom. The van der Waals surface area contributed by atoms with Gasteiger partial charge < -0.3 is 18.9 Å². The van der Waals surface area contributed by atoms with Crippen LogP contribution in [0, 0.1) is 118 Å². The summed E-state index contributed by atoms with van der Waals surface area (Å²) in [6.07, 6.45) is -13.4. The van der Waals surface area contributed by atoms with E-state index in [1.165, 1.54) is 12.1 Å². The van der Waals surface area contributed by atoms with Crippen LogP contribution >= 0.6 is 23.5 Å². The Balaban J connectivity index is 1.26. The summed E-state index contributed by atoms with van der Waals surface area (Å²) in [6.45, 7) is 0. The molecule has 0 aliphatic carbocycles. The fourth-order valence-electron chi connectivity index (χ4n) is 8.44. The minimum atomic E-state index is -5.96. The van der Waals surface area contributed by atoms with Gasteiger partial charge in [0, 0.05) is 22.3 Å². The fraction of sp³-hybridized carbons (Fsp3) is 0.0645. The number of alkyl halides is 12. The van der Waals surface area contributed by atoms with E-state index in [1.54, 1.807) is 0 Å². The van der Waals surface area contributed by atoms with Crippen molar-refractivity contribution in [2.75, 3.05) is 0 Å². The molecule has 0 bridgehead atoms. The van der Waals surface area contributed by atoms with Crippen LogP contribution in [0.2, 0.25) is 0 Å². The summed E-state index contributed by atoms with van der Waals surface area (Å²) in [7, 11) is 0.